The normalized spacial score (nSPS) is 10.5. The van der Waals surface area contributed by atoms with Crippen LogP contribution in [0.5, 0.6) is 5.75 Å². The number of carbonyl (C=O) groups excluding carboxylic acids is 1. The molecular weight excluding hydrogens is 251 g/mol. The lowest BCUT2D eigenvalue weighted by atomic mass is 10.1. The monoisotopic (exact) mass is 264 g/mol. The van der Waals surface area contributed by atoms with E-state index >= 15 is 0 Å². The number of hydrogen-bond acceptors (Lipinski definition) is 5. The van der Waals surface area contributed by atoms with E-state index in [1.807, 2.05) is 6.92 Å². The second kappa shape index (κ2) is 5.60. The predicted octanol–water partition coefficient (Wildman–Crippen LogP) is 2.55. The van der Waals surface area contributed by atoms with Crippen molar-refractivity contribution in [3.05, 3.63) is 41.3 Å². The Morgan fingerprint density at radius 1 is 1.47 bits per heavy atom. The number of rotatable bonds is 5. The van der Waals surface area contributed by atoms with Crippen molar-refractivity contribution in [1.29, 1.82) is 0 Å². The first-order chi connectivity index (χ1) is 9.10. The van der Waals surface area contributed by atoms with E-state index in [4.69, 9.17) is 9.26 Å². The molecule has 2 rings (SSSR count). The summed E-state index contributed by atoms with van der Waals surface area (Å²) >= 11 is 0. The van der Waals surface area contributed by atoms with Crippen LogP contribution in [-0.4, -0.2) is 15.9 Å². The molecule has 0 atom stereocenters. The predicted molar refractivity (Wildman–Crippen MR) is 64.4 cm³/mol. The van der Waals surface area contributed by atoms with Crippen LogP contribution < -0.4 is 4.74 Å². The maximum absolute atomic E-state index is 13.6. The summed E-state index contributed by atoms with van der Waals surface area (Å²) in [5.41, 5.74) is 0.303. The highest BCUT2D eigenvalue weighted by atomic mass is 19.1. The number of halogens is 1. The summed E-state index contributed by atoms with van der Waals surface area (Å²) < 4.78 is 23.8. The van der Waals surface area contributed by atoms with Gasteiger partial charge in [0.05, 0.1) is 0 Å². The zero-order chi connectivity index (χ0) is 13.8. The molecule has 1 heterocycles. The van der Waals surface area contributed by atoms with Crippen LogP contribution in [0.15, 0.2) is 22.7 Å². The van der Waals surface area contributed by atoms with Crippen molar-refractivity contribution >= 4 is 5.78 Å². The number of hydrogen-bond donors (Lipinski definition) is 0. The number of ether oxygens (including phenoxy) is 1. The summed E-state index contributed by atoms with van der Waals surface area (Å²) in [6.07, 6.45) is 0.634. The highest BCUT2D eigenvalue weighted by Gasteiger charge is 2.10. The second-order valence-electron chi connectivity index (χ2n) is 3.95. The van der Waals surface area contributed by atoms with Gasteiger partial charge in [-0.2, -0.15) is 4.98 Å². The van der Waals surface area contributed by atoms with Gasteiger partial charge in [-0.05, 0) is 25.1 Å². The Hall–Kier alpha value is -2.24. The lowest BCUT2D eigenvalue weighted by molar-refractivity contribution is 0.101. The van der Waals surface area contributed by atoms with E-state index in [1.54, 1.807) is 0 Å². The molecule has 0 unspecified atom stereocenters. The fourth-order valence-corrected chi connectivity index (χ4v) is 1.47. The zero-order valence-electron chi connectivity index (χ0n) is 10.6. The minimum atomic E-state index is -0.591. The van der Waals surface area contributed by atoms with Crippen molar-refractivity contribution in [2.24, 2.45) is 0 Å². The number of ketones is 1. The van der Waals surface area contributed by atoms with Gasteiger partial charge in [0.25, 0.3) is 0 Å². The van der Waals surface area contributed by atoms with Crippen molar-refractivity contribution in [3.8, 4) is 5.75 Å². The summed E-state index contributed by atoms with van der Waals surface area (Å²) in [5, 5.41) is 3.69. The average molecular weight is 264 g/mol. The summed E-state index contributed by atoms with van der Waals surface area (Å²) in [6.45, 7) is 3.28. The SMILES string of the molecule is CCc1nc(COc2ccc(C(C)=O)cc2F)no1. The van der Waals surface area contributed by atoms with E-state index in [1.165, 1.54) is 19.1 Å². The van der Waals surface area contributed by atoms with E-state index in [9.17, 15) is 9.18 Å². The fraction of sp³-hybridized carbons (Fsp3) is 0.308. The van der Waals surface area contributed by atoms with E-state index in [-0.39, 0.29) is 18.1 Å². The molecule has 0 saturated carbocycles. The Labute approximate surface area is 109 Å². The largest absolute Gasteiger partial charge is 0.482 e. The Morgan fingerprint density at radius 3 is 2.84 bits per heavy atom. The molecule has 100 valence electrons. The molecule has 0 amide bonds. The number of Topliss-reactive ketones (excluding diaryl/α,β-unsaturated/α-hetero) is 1. The van der Waals surface area contributed by atoms with Crippen molar-refractivity contribution in [2.45, 2.75) is 26.9 Å². The number of carbonyl (C=O) groups is 1. The molecule has 0 radical (unpaired) electrons. The third-order valence-corrected chi connectivity index (χ3v) is 2.51. The second-order valence-corrected chi connectivity index (χ2v) is 3.95. The van der Waals surface area contributed by atoms with Gasteiger partial charge in [-0.25, -0.2) is 4.39 Å². The van der Waals surface area contributed by atoms with Gasteiger partial charge in [0, 0.05) is 12.0 Å². The van der Waals surface area contributed by atoms with Gasteiger partial charge >= 0.3 is 0 Å². The highest BCUT2D eigenvalue weighted by molar-refractivity contribution is 5.94. The maximum atomic E-state index is 13.6. The summed E-state index contributed by atoms with van der Waals surface area (Å²) in [6, 6.07) is 4.06. The molecule has 6 heteroatoms. The van der Waals surface area contributed by atoms with Gasteiger partial charge in [-0.1, -0.05) is 12.1 Å². The first kappa shape index (κ1) is 13.2. The minimum absolute atomic E-state index is 0.0137. The molecule has 2 aromatic rings. The van der Waals surface area contributed by atoms with Gasteiger partial charge in [0.1, 0.15) is 0 Å². The Balaban J connectivity index is 2.05. The van der Waals surface area contributed by atoms with Crippen molar-refractivity contribution in [1.82, 2.24) is 10.1 Å². The van der Waals surface area contributed by atoms with Crippen LogP contribution in [0.25, 0.3) is 0 Å². The van der Waals surface area contributed by atoms with Gasteiger partial charge < -0.3 is 9.26 Å². The Kier molecular flexibility index (Phi) is 3.89. The molecule has 19 heavy (non-hydrogen) atoms. The number of benzene rings is 1. The number of aryl methyl sites for hydroxylation is 1. The molecule has 1 aromatic carbocycles. The van der Waals surface area contributed by atoms with Crippen LogP contribution in [-0.2, 0) is 13.0 Å². The van der Waals surface area contributed by atoms with E-state index in [0.29, 0.717) is 23.7 Å². The number of aromatic nitrogens is 2. The molecule has 0 fully saturated rings. The molecule has 0 N–H and O–H groups in total. The van der Waals surface area contributed by atoms with Crippen molar-refractivity contribution < 1.29 is 18.4 Å². The van der Waals surface area contributed by atoms with Crippen LogP contribution in [0.3, 0.4) is 0 Å². The number of nitrogens with zero attached hydrogens (tertiary/aromatic N) is 2. The van der Waals surface area contributed by atoms with Crippen LogP contribution >= 0.6 is 0 Å². The van der Waals surface area contributed by atoms with Crippen molar-refractivity contribution in [3.63, 3.8) is 0 Å². The standard InChI is InChI=1S/C13H13FN2O3/c1-3-13-15-12(16-19-13)7-18-11-5-4-9(8(2)17)6-10(11)14/h4-6H,3,7H2,1-2H3. The molecule has 0 spiro atoms. The lowest BCUT2D eigenvalue weighted by Crippen LogP contribution is -2.01. The third kappa shape index (κ3) is 3.15. The quantitative estimate of drug-likeness (QED) is 0.776. The molecule has 1 aromatic heterocycles. The van der Waals surface area contributed by atoms with E-state index in [2.05, 4.69) is 10.1 Å². The highest BCUT2D eigenvalue weighted by Crippen LogP contribution is 2.19. The van der Waals surface area contributed by atoms with Crippen molar-refractivity contribution in [2.75, 3.05) is 0 Å². The van der Waals surface area contributed by atoms with Crippen LogP contribution in [0.1, 0.15) is 35.9 Å². The fourth-order valence-electron chi connectivity index (χ4n) is 1.47. The Bertz CT molecular complexity index is 595. The van der Waals surface area contributed by atoms with Gasteiger partial charge in [0.2, 0.25) is 11.7 Å². The molecule has 0 bridgehead atoms. The summed E-state index contributed by atoms with van der Waals surface area (Å²) in [5.74, 6) is 0.119. The van der Waals surface area contributed by atoms with Crippen LogP contribution in [0.2, 0.25) is 0 Å². The first-order valence-electron chi connectivity index (χ1n) is 5.85. The average Bonchev–Trinajstić information content (AvgIpc) is 2.85. The minimum Gasteiger partial charge on any atom is -0.482 e. The van der Waals surface area contributed by atoms with E-state index in [0.717, 1.165) is 6.07 Å². The van der Waals surface area contributed by atoms with Crippen LogP contribution in [0, 0.1) is 5.82 Å². The van der Waals surface area contributed by atoms with E-state index < -0.39 is 5.82 Å². The third-order valence-electron chi connectivity index (χ3n) is 2.51. The molecule has 0 aliphatic heterocycles. The smallest absolute Gasteiger partial charge is 0.226 e. The zero-order valence-corrected chi connectivity index (χ0v) is 10.6. The van der Waals surface area contributed by atoms with Gasteiger partial charge in [0.15, 0.2) is 24.0 Å². The van der Waals surface area contributed by atoms with Gasteiger partial charge in [-0.15, -0.1) is 0 Å². The molecule has 0 aliphatic carbocycles. The molecular formula is C13H13FN2O3. The molecule has 0 aliphatic rings. The molecule has 0 saturated heterocycles. The lowest BCUT2D eigenvalue weighted by Gasteiger charge is -2.05. The van der Waals surface area contributed by atoms with Crippen LogP contribution in [0.4, 0.5) is 4.39 Å². The Morgan fingerprint density at radius 2 is 2.26 bits per heavy atom. The van der Waals surface area contributed by atoms with Gasteiger partial charge in [-0.3, -0.25) is 4.79 Å². The topological polar surface area (TPSA) is 65.2 Å². The summed E-state index contributed by atoms with van der Waals surface area (Å²) in [7, 11) is 0. The summed E-state index contributed by atoms with van der Waals surface area (Å²) in [4.78, 5) is 15.1. The first-order valence-corrected chi connectivity index (χ1v) is 5.85. The maximum Gasteiger partial charge on any atom is 0.226 e. The molecule has 5 nitrogen and oxygen atoms in total.